The second-order valence-electron chi connectivity index (χ2n) is 6.69. The van der Waals surface area contributed by atoms with Crippen molar-refractivity contribution < 1.29 is 19.1 Å². The molecule has 1 aromatic carbocycles. The molecule has 0 aliphatic carbocycles. The Morgan fingerprint density at radius 3 is 2.29 bits per heavy atom. The zero-order chi connectivity index (χ0) is 17.5. The molecule has 1 fully saturated rings. The number of carbonyl (C=O) groups excluding carboxylic acids is 2. The molecule has 1 aliphatic heterocycles. The number of ether oxygens (including phenoxy) is 2. The summed E-state index contributed by atoms with van der Waals surface area (Å²) in [6, 6.07) is 7.58. The number of piperidine rings is 1. The van der Waals surface area contributed by atoms with Crippen LogP contribution in [0.3, 0.4) is 0 Å². The highest BCUT2D eigenvalue weighted by Crippen LogP contribution is 2.20. The van der Waals surface area contributed by atoms with E-state index < -0.39 is 5.97 Å². The van der Waals surface area contributed by atoms with Crippen molar-refractivity contribution in [3.63, 3.8) is 0 Å². The SMILES string of the molecule is CCc1ccc(OCC(=O)OCC(=O)N2CC(C)CC(C)C2)cc1. The van der Waals surface area contributed by atoms with Gasteiger partial charge in [0.25, 0.3) is 5.91 Å². The summed E-state index contributed by atoms with van der Waals surface area (Å²) in [6.45, 7) is 7.43. The van der Waals surface area contributed by atoms with E-state index in [-0.39, 0.29) is 19.1 Å². The van der Waals surface area contributed by atoms with Crippen LogP contribution in [0.2, 0.25) is 0 Å². The van der Waals surface area contributed by atoms with Gasteiger partial charge in [0, 0.05) is 13.1 Å². The molecular formula is C19H27NO4. The molecule has 0 spiro atoms. The first-order valence-electron chi connectivity index (χ1n) is 8.63. The maximum Gasteiger partial charge on any atom is 0.344 e. The third kappa shape index (κ3) is 5.55. The molecule has 1 saturated heterocycles. The van der Waals surface area contributed by atoms with Gasteiger partial charge in [-0.3, -0.25) is 4.79 Å². The predicted octanol–water partition coefficient (Wildman–Crippen LogP) is 2.68. The van der Waals surface area contributed by atoms with E-state index in [1.54, 1.807) is 4.90 Å². The lowest BCUT2D eigenvalue weighted by Gasteiger charge is -2.34. The summed E-state index contributed by atoms with van der Waals surface area (Å²) in [6.07, 6.45) is 2.09. The molecule has 132 valence electrons. The molecule has 2 rings (SSSR count). The number of esters is 1. The number of amides is 1. The Balaban J connectivity index is 1.71. The summed E-state index contributed by atoms with van der Waals surface area (Å²) >= 11 is 0. The minimum atomic E-state index is -0.527. The number of aryl methyl sites for hydroxylation is 1. The average Bonchev–Trinajstić information content (AvgIpc) is 2.57. The number of carbonyl (C=O) groups is 2. The van der Waals surface area contributed by atoms with Crippen molar-refractivity contribution in [3.8, 4) is 5.75 Å². The number of nitrogens with zero attached hydrogens (tertiary/aromatic N) is 1. The predicted molar refractivity (Wildman–Crippen MR) is 91.8 cm³/mol. The van der Waals surface area contributed by atoms with Crippen LogP contribution in [0.5, 0.6) is 5.75 Å². The van der Waals surface area contributed by atoms with Crippen LogP contribution in [0.4, 0.5) is 0 Å². The van der Waals surface area contributed by atoms with Crippen LogP contribution in [0.25, 0.3) is 0 Å². The summed E-state index contributed by atoms with van der Waals surface area (Å²) in [7, 11) is 0. The van der Waals surface area contributed by atoms with E-state index >= 15 is 0 Å². The smallest absolute Gasteiger partial charge is 0.344 e. The van der Waals surface area contributed by atoms with Gasteiger partial charge in [-0.05, 0) is 42.4 Å². The first-order chi connectivity index (χ1) is 11.5. The van der Waals surface area contributed by atoms with Crippen LogP contribution < -0.4 is 4.74 Å². The lowest BCUT2D eigenvalue weighted by atomic mass is 9.92. The number of likely N-dealkylation sites (tertiary alicyclic amines) is 1. The van der Waals surface area contributed by atoms with Gasteiger partial charge in [-0.25, -0.2) is 4.79 Å². The second kappa shape index (κ2) is 8.71. The molecule has 1 heterocycles. The van der Waals surface area contributed by atoms with Crippen molar-refractivity contribution in [1.82, 2.24) is 4.90 Å². The molecule has 5 heteroatoms. The summed E-state index contributed by atoms with van der Waals surface area (Å²) in [4.78, 5) is 25.7. The molecule has 0 N–H and O–H groups in total. The van der Waals surface area contributed by atoms with Gasteiger partial charge >= 0.3 is 5.97 Å². The van der Waals surface area contributed by atoms with E-state index in [0.717, 1.165) is 25.9 Å². The maximum absolute atomic E-state index is 12.1. The summed E-state index contributed by atoms with van der Waals surface area (Å²) in [5.74, 6) is 0.940. The fourth-order valence-electron chi connectivity index (χ4n) is 3.11. The Morgan fingerprint density at radius 1 is 1.08 bits per heavy atom. The minimum Gasteiger partial charge on any atom is -0.482 e. The third-order valence-electron chi connectivity index (χ3n) is 4.27. The standard InChI is InChI=1S/C19H27NO4/c1-4-16-5-7-17(8-6-16)23-13-19(22)24-12-18(21)20-10-14(2)9-15(3)11-20/h5-8,14-15H,4,9-13H2,1-3H3. The van der Waals surface area contributed by atoms with Crippen LogP contribution in [-0.4, -0.2) is 43.1 Å². The molecule has 1 aromatic rings. The molecule has 0 radical (unpaired) electrons. The molecule has 24 heavy (non-hydrogen) atoms. The first-order valence-corrected chi connectivity index (χ1v) is 8.63. The van der Waals surface area contributed by atoms with Gasteiger partial charge in [0.2, 0.25) is 0 Å². The van der Waals surface area contributed by atoms with Gasteiger partial charge in [0.1, 0.15) is 5.75 Å². The summed E-state index contributed by atoms with van der Waals surface area (Å²) in [5, 5.41) is 0. The Kier molecular flexibility index (Phi) is 6.64. The van der Waals surface area contributed by atoms with Crippen molar-refractivity contribution in [2.45, 2.75) is 33.6 Å². The summed E-state index contributed by atoms with van der Waals surface area (Å²) < 4.78 is 10.4. The highest BCUT2D eigenvalue weighted by molar-refractivity contribution is 5.81. The normalized spacial score (nSPS) is 20.5. The van der Waals surface area contributed by atoms with Gasteiger partial charge in [-0.15, -0.1) is 0 Å². The highest BCUT2D eigenvalue weighted by Gasteiger charge is 2.25. The first kappa shape index (κ1) is 18.3. The lowest BCUT2D eigenvalue weighted by molar-refractivity contribution is -0.154. The van der Waals surface area contributed by atoms with Crippen LogP contribution in [0, 0.1) is 11.8 Å². The van der Waals surface area contributed by atoms with E-state index in [2.05, 4.69) is 20.8 Å². The Labute approximate surface area is 143 Å². The van der Waals surface area contributed by atoms with Crippen molar-refractivity contribution in [2.75, 3.05) is 26.3 Å². The summed E-state index contributed by atoms with van der Waals surface area (Å²) in [5.41, 5.74) is 1.21. The van der Waals surface area contributed by atoms with Gasteiger partial charge in [-0.2, -0.15) is 0 Å². The quantitative estimate of drug-likeness (QED) is 0.751. The molecule has 2 unspecified atom stereocenters. The molecule has 1 aliphatic rings. The van der Waals surface area contributed by atoms with E-state index in [9.17, 15) is 9.59 Å². The number of rotatable bonds is 6. The average molecular weight is 333 g/mol. The Hall–Kier alpha value is -2.04. The zero-order valence-electron chi connectivity index (χ0n) is 14.8. The molecule has 0 bridgehead atoms. The molecule has 5 nitrogen and oxygen atoms in total. The van der Waals surface area contributed by atoms with E-state index in [4.69, 9.17) is 9.47 Å². The van der Waals surface area contributed by atoms with E-state index in [1.165, 1.54) is 5.56 Å². The second-order valence-corrected chi connectivity index (χ2v) is 6.69. The lowest BCUT2D eigenvalue weighted by Crippen LogP contribution is -2.44. The van der Waals surface area contributed by atoms with Crippen LogP contribution in [-0.2, 0) is 20.7 Å². The van der Waals surface area contributed by atoms with Crippen molar-refractivity contribution in [1.29, 1.82) is 0 Å². The van der Waals surface area contributed by atoms with Crippen molar-refractivity contribution in [3.05, 3.63) is 29.8 Å². The van der Waals surface area contributed by atoms with E-state index in [0.29, 0.717) is 17.6 Å². The number of hydrogen-bond donors (Lipinski definition) is 0. The Bertz CT molecular complexity index is 545. The van der Waals surface area contributed by atoms with Crippen molar-refractivity contribution >= 4 is 11.9 Å². The number of benzene rings is 1. The maximum atomic E-state index is 12.1. The van der Waals surface area contributed by atoms with Crippen LogP contribution >= 0.6 is 0 Å². The fourth-order valence-corrected chi connectivity index (χ4v) is 3.11. The molecule has 0 aromatic heterocycles. The number of hydrogen-bond acceptors (Lipinski definition) is 4. The molecule has 2 atom stereocenters. The van der Waals surface area contributed by atoms with E-state index in [1.807, 2.05) is 24.3 Å². The fraction of sp³-hybridized carbons (Fsp3) is 0.579. The van der Waals surface area contributed by atoms with Gasteiger partial charge < -0.3 is 14.4 Å². The largest absolute Gasteiger partial charge is 0.482 e. The molecule has 0 saturated carbocycles. The van der Waals surface area contributed by atoms with Crippen LogP contribution in [0.15, 0.2) is 24.3 Å². The highest BCUT2D eigenvalue weighted by atomic mass is 16.6. The molecular weight excluding hydrogens is 306 g/mol. The van der Waals surface area contributed by atoms with Gasteiger partial charge in [0.15, 0.2) is 13.2 Å². The van der Waals surface area contributed by atoms with Gasteiger partial charge in [-0.1, -0.05) is 32.9 Å². The molecule has 1 amide bonds. The monoisotopic (exact) mass is 333 g/mol. The van der Waals surface area contributed by atoms with Crippen molar-refractivity contribution in [2.24, 2.45) is 11.8 Å². The Morgan fingerprint density at radius 2 is 1.71 bits per heavy atom. The minimum absolute atomic E-state index is 0.131. The topological polar surface area (TPSA) is 55.8 Å². The zero-order valence-corrected chi connectivity index (χ0v) is 14.8. The third-order valence-corrected chi connectivity index (χ3v) is 4.27. The van der Waals surface area contributed by atoms with Crippen LogP contribution in [0.1, 0.15) is 32.8 Å². The van der Waals surface area contributed by atoms with Gasteiger partial charge in [0.05, 0.1) is 0 Å².